The smallest absolute Gasteiger partial charge is 0.323 e. The first-order chi connectivity index (χ1) is 18.3. The van der Waals surface area contributed by atoms with E-state index in [0.717, 1.165) is 28.0 Å². The van der Waals surface area contributed by atoms with Crippen LogP contribution in [0.2, 0.25) is 0 Å². The molecule has 12 nitrogen and oxygen atoms in total. The number of morpholine rings is 1. The molecule has 1 aromatic heterocycles. The van der Waals surface area contributed by atoms with E-state index >= 15 is 0 Å². The van der Waals surface area contributed by atoms with Crippen LogP contribution in [0.1, 0.15) is 23.3 Å². The van der Waals surface area contributed by atoms with Gasteiger partial charge >= 0.3 is 10.8 Å². The van der Waals surface area contributed by atoms with E-state index in [0.29, 0.717) is 59.9 Å². The lowest BCUT2D eigenvalue weighted by Crippen LogP contribution is -2.43. The lowest BCUT2D eigenvalue weighted by molar-refractivity contribution is -0.149. The van der Waals surface area contributed by atoms with Gasteiger partial charge in [0.05, 0.1) is 30.8 Å². The van der Waals surface area contributed by atoms with Crippen LogP contribution in [0.25, 0.3) is 0 Å². The normalized spacial score (nSPS) is 22.7. The number of nitrogens with zero attached hydrogens (tertiary/aromatic N) is 2. The monoisotopic (exact) mass is 563 g/mol. The number of H-pyrrole nitrogens is 1. The number of hydrogen-bond donors (Lipinski definition) is 2. The molecule has 2 N–H and O–H groups in total. The molecule has 3 amide bonds. The molecule has 2 aromatic rings. The summed E-state index contributed by atoms with van der Waals surface area (Å²) < 4.78 is 16.9. The summed E-state index contributed by atoms with van der Waals surface area (Å²) in [7, 11) is 0. The number of thioether (sulfide) groups is 1. The van der Waals surface area contributed by atoms with Crippen LogP contribution in [0.15, 0.2) is 28.0 Å². The average Bonchev–Trinajstić information content (AvgIpc) is 3.38. The topological polar surface area (TPSA) is 156 Å². The van der Waals surface area contributed by atoms with E-state index in [4.69, 9.17) is 14.2 Å². The summed E-state index contributed by atoms with van der Waals surface area (Å²) in [5, 5.41) is 8.84. The number of benzene rings is 1. The molecule has 14 heteroatoms. The second-order valence-electron chi connectivity index (χ2n) is 8.83. The summed E-state index contributed by atoms with van der Waals surface area (Å²) in [5.41, 5.74) is 0.602. The number of carbonyl (C=O) groups excluding carboxylic acids is 3. The van der Waals surface area contributed by atoms with Crippen LogP contribution in [-0.2, 0) is 23.9 Å². The number of aromatic nitrogens is 1. The largest absolute Gasteiger partial charge is 0.490 e. The van der Waals surface area contributed by atoms with Crippen LogP contribution in [0.5, 0.6) is 11.5 Å². The van der Waals surface area contributed by atoms with E-state index in [1.165, 1.54) is 0 Å². The minimum Gasteiger partial charge on any atom is -0.490 e. The Hall–Kier alpha value is -3.36. The Bertz CT molecular complexity index is 1330. The number of fused-ring (bicyclic) bond motifs is 2. The van der Waals surface area contributed by atoms with Gasteiger partial charge in [-0.15, -0.1) is 0 Å². The first kappa shape index (κ1) is 26.3. The fraction of sp³-hybridized carbons (Fsp3) is 0.458. The Morgan fingerprint density at radius 1 is 1.13 bits per heavy atom. The molecule has 4 heterocycles. The third-order valence-corrected chi connectivity index (χ3v) is 8.95. The molecule has 1 aromatic carbocycles. The number of imide groups is 1. The number of aliphatic carboxylic acids is 1. The first-order valence-electron chi connectivity index (χ1n) is 12.0. The van der Waals surface area contributed by atoms with Crippen LogP contribution >= 0.6 is 23.1 Å². The van der Waals surface area contributed by atoms with Crippen molar-refractivity contribution in [2.24, 2.45) is 5.92 Å². The Labute approximate surface area is 224 Å². The number of aromatic amines is 1. The summed E-state index contributed by atoms with van der Waals surface area (Å²) >= 11 is 2.03. The van der Waals surface area contributed by atoms with E-state index < -0.39 is 41.4 Å². The number of amides is 3. The third-order valence-electron chi connectivity index (χ3n) is 6.55. The molecule has 0 aliphatic carbocycles. The fourth-order valence-corrected chi connectivity index (χ4v) is 7.41. The molecule has 2 saturated heterocycles. The maximum atomic E-state index is 13.3. The van der Waals surface area contributed by atoms with Crippen molar-refractivity contribution in [2.75, 3.05) is 46.1 Å². The van der Waals surface area contributed by atoms with Gasteiger partial charge in [0.15, 0.2) is 18.1 Å². The van der Waals surface area contributed by atoms with Crippen molar-refractivity contribution >= 4 is 46.8 Å². The maximum absolute atomic E-state index is 13.3. The average molecular weight is 564 g/mol. The highest BCUT2D eigenvalue weighted by molar-refractivity contribution is 8.00. The van der Waals surface area contributed by atoms with Gasteiger partial charge < -0.3 is 29.2 Å². The highest BCUT2D eigenvalue weighted by atomic mass is 32.2. The number of hydrogen-bond acceptors (Lipinski definition) is 10. The zero-order chi connectivity index (χ0) is 27.0. The number of nitrogens with one attached hydrogen (secondary N) is 1. The molecule has 0 bridgehead atoms. The highest BCUT2D eigenvalue weighted by Gasteiger charge is 2.56. The minimum atomic E-state index is -1.29. The number of likely N-dealkylation sites (tertiary alicyclic amines) is 1. The Balaban J connectivity index is 1.47. The summed E-state index contributed by atoms with van der Waals surface area (Å²) in [6.07, 6.45) is 0. The van der Waals surface area contributed by atoms with Crippen molar-refractivity contribution in [3.8, 4) is 11.5 Å². The molecule has 3 aliphatic rings. The summed E-state index contributed by atoms with van der Waals surface area (Å²) in [5.74, 6) is -3.55. The van der Waals surface area contributed by atoms with E-state index in [-0.39, 0.29) is 17.4 Å². The predicted molar refractivity (Wildman–Crippen MR) is 135 cm³/mol. The van der Waals surface area contributed by atoms with Crippen LogP contribution in [-0.4, -0.2) is 94.9 Å². The van der Waals surface area contributed by atoms with Gasteiger partial charge in [0, 0.05) is 23.9 Å². The fourth-order valence-electron chi connectivity index (χ4n) is 4.87. The van der Waals surface area contributed by atoms with Gasteiger partial charge in [0.1, 0.15) is 11.8 Å². The molecule has 2 fully saturated rings. The molecule has 0 saturated carbocycles. The number of carbonyl (C=O) groups is 4. The molecule has 38 heavy (non-hydrogen) atoms. The summed E-state index contributed by atoms with van der Waals surface area (Å²) in [4.78, 5) is 67.9. The number of ether oxygens (including phenoxy) is 3. The Kier molecular flexibility index (Phi) is 7.45. The number of carboxylic acids is 1. The standard InChI is InChI=1S/C24H25N3O9S2/c1-2-35-14-9-12(3-4-13(14)36-11-15(28)26-5-7-34-8-6-26)17-18-20(37-21-19(17)38-24(33)25-21)23(32)27(22(18)31)10-16(29)30/h3-4,9,17-18,20H,2,5-8,10-11H2,1H3,(H,25,33)(H,29,30)/t17-,18?,20?/m1/s1. The van der Waals surface area contributed by atoms with Crippen molar-refractivity contribution in [3.63, 3.8) is 0 Å². The highest BCUT2D eigenvalue weighted by Crippen LogP contribution is 2.53. The Morgan fingerprint density at radius 2 is 1.89 bits per heavy atom. The van der Waals surface area contributed by atoms with Crippen molar-refractivity contribution in [2.45, 2.75) is 23.1 Å². The van der Waals surface area contributed by atoms with Gasteiger partial charge in [-0.05, 0) is 24.6 Å². The lowest BCUT2D eigenvalue weighted by atomic mass is 9.83. The molecule has 2 unspecified atom stereocenters. The zero-order valence-corrected chi connectivity index (χ0v) is 22.0. The van der Waals surface area contributed by atoms with Gasteiger partial charge in [-0.2, -0.15) is 0 Å². The third kappa shape index (κ3) is 4.90. The maximum Gasteiger partial charge on any atom is 0.323 e. The van der Waals surface area contributed by atoms with Crippen molar-refractivity contribution in [1.82, 2.24) is 14.8 Å². The molecular formula is C24H25N3O9S2. The van der Waals surface area contributed by atoms with Gasteiger partial charge in [0.2, 0.25) is 11.8 Å². The summed E-state index contributed by atoms with van der Waals surface area (Å²) in [6, 6.07) is 5.02. The molecule has 202 valence electrons. The molecule has 3 atom stereocenters. The quantitative estimate of drug-likeness (QED) is 0.440. The van der Waals surface area contributed by atoms with Gasteiger partial charge in [0.25, 0.3) is 5.91 Å². The number of rotatable bonds is 8. The van der Waals surface area contributed by atoms with Crippen LogP contribution in [0.4, 0.5) is 0 Å². The number of carboxylic acid groups (broad SMARTS) is 1. The van der Waals surface area contributed by atoms with Crippen LogP contribution < -0.4 is 14.3 Å². The molecule has 3 aliphatic heterocycles. The van der Waals surface area contributed by atoms with E-state index in [1.807, 2.05) is 0 Å². The summed E-state index contributed by atoms with van der Waals surface area (Å²) in [6.45, 7) is 3.12. The number of thiazole rings is 1. The second-order valence-corrected chi connectivity index (χ2v) is 11.0. The van der Waals surface area contributed by atoms with E-state index in [1.54, 1.807) is 30.0 Å². The van der Waals surface area contributed by atoms with Gasteiger partial charge in [-0.3, -0.25) is 28.9 Å². The molecule has 0 radical (unpaired) electrons. The molecule has 5 rings (SSSR count). The molecule has 0 spiro atoms. The predicted octanol–water partition coefficient (Wildman–Crippen LogP) is 0.749. The zero-order valence-electron chi connectivity index (χ0n) is 20.3. The van der Waals surface area contributed by atoms with Gasteiger partial charge in [-0.25, -0.2) is 0 Å². The van der Waals surface area contributed by atoms with Crippen molar-refractivity contribution in [3.05, 3.63) is 38.3 Å². The molecular weight excluding hydrogens is 538 g/mol. The van der Waals surface area contributed by atoms with Crippen molar-refractivity contribution in [1.29, 1.82) is 0 Å². The second kappa shape index (κ2) is 10.8. The lowest BCUT2D eigenvalue weighted by Gasteiger charge is -2.30. The van der Waals surface area contributed by atoms with Crippen LogP contribution in [0.3, 0.4) is 0 Å². The SMILES string of the molecule is CCOc1cc([C@H]2c3sc(=O)[nH]c3SC3C(=O)N(CC(=O)O)C(=O)C32)ccc1OCC(=O)N1CCOCC1. The first-order valence-corrected chi connectivity index (χ1v) is 13.7. The van der Waals surface area contributed by atoms with E-state index in [2.05, 4.69) is 4.98 Å². The van der Waals surface area contributed by atoms with Gasteiger partial charge in [-0.1, -0.05) is 29.2 Å². The van der Waals surface area contributed by atoms with Crippen molar-refractivity contribution < 1.29 is 38.5 Å². The Morgan fingerprint density at radius 3 is 2.61 bits per heavy atom. The van der Waals surface area contributed by atoms with E-state index in [9.17, 15) is 29.1 Å². The van der Waals surface area contributed by atoms with Crippen LogP contribution in [0, 0.1) is 5.92 Å². The minimum absolute atomic E-state index is 0.178.